The molecule has 7 heteroatoms. The van der Waals surface area contributed by atoms with Gasteiger partial charge in [-0.3, -0.25) is 20.7 Å². The lowest BCUT2D eigenvalue weighted by molar-refractivity contribution is 0.536. The van der Waals surface area contributed by atoms with Crippen LogP contribution in [0.4, 0.5) is 0 Å². The number of nitrogens with zero attached hydrogens (tertiary/aromatic N) is 2. The minimum Gasteiger partial charge on any atom is -0.370 e. The van der Waals surface area contributed by atoms with Crippen LogP contribution in [0.25, 0.3) is 0 Å². The SMILES string of the molecule is CCCCCCCCCCCCCCCCN=C(N)NC(=N)N.Cl.c1ccncc1. The average molecular weight is 441 g/mol. The molecule has 0 aliphatic rings. The predicted octanol–water partition coefficient (Wildman–Crippen LogP) is 5.77. The largest absolute Gasteiger partial charge is 0.370 e. The molecule has 0 atom stereocenters. The van der Waals surface area contributed by atoms with Gasteiger partial charge in [0.15, 0.2) is 11.9 Å². The number of nitrogens with one attached hydrogen (secondary N) is 2. The fourth-order valence-corrected chi connectivity index (χ4v) is 3.00. The molecule has 30 heavy (non-hydrogen) atoms. The van der Waals surface area contributed by atoms with Crippen molar-refractivity contribution in [3.8, 4) is 0 Å². The maximum absolute atomic E-state index is 7.02. The molecule has 1 rings (SSSR count). The molecule has 0 saturated heterocycles. The summed E-state index contributed by atoms with van der Waals surface area (Å²) in [7, 11) is 0. The van der Waals surface area contributed by atoms with Gasteiger partial charge in [0, 0.05) is 18.9 Å². The minimum atomic E-state index is -0.160. The molecule has 1 aromatic rings. The number of aliphatic imine (C=N–C) groups is 1. The van der Waals surface area contributed by atoms with Gasteiger partial charge in [0.25, 0.3) is 0 Å². The number of nitrogens with two attached hydrogens (primary N) is 2. The number of halogens is 1. The van der Waals surface area contributed by atoms with Crippen LogP contribution in [0.15, 0.2) is 35.6 Å². The third-order valence-corrected chi connectivity index (χ3v) is 4.62. The number of pyridine rings is 1. The summed E-state index contributed by atoms with van der Waals surface area (Å²) in [5.41, 5.74) is 10.7. The van der Waals surface area contributed by atoms with Gasteiger partial charge in [0.2, 0.25) is 0 Å². The Hall–Kier alpha value is -1.82. The lowest BCUT2D eigenvalue weighted by atomic mass is 10.0. The lowest BCUT2D eigenvalue weighted by Gasteiger charge is -2.03. The van der Waals surface area contributed by atoms with Crippen molar-refractivity contribution in [1.82, 2.24) is 10.3 Å². The molecule has 1 heterocycles. The van der Waals surface area contributed by atoms with E-state index in [9.17, 15) is 0 Å². The average Bonchev–Trinajstić information content (AvgIpc) is 2.72. The molecule has 0 amide bonds. The minimum absolute atomic E-state index is 0. The van der Waals surface area contributed by atoms with E-state index in [4.69, 9.17) is 16.9 Å². The van der Waals surface area contributed by atoms with Crippen LogP contribution in [-0.2, 0) is 0 Å². The topological polar surface area (TPSA) is 113 Å². The molecule has 0 bridgehead atoms. The normalized spacial score (nSPS) is 10.5. The first kappa shape index (κ1) is 30.4. The standard InChI is InChI=1S/C18H39N5.C5H5N.ClH/c1-2-3-4-5-6-7-8-9-10-11-12-13-14-15-16-22-18(21)23-17(19)20;1-2-4-6-5-3-1;/h2-16H2,1H3,(H6,19,20,21,22,23);1-5H;1H. The van der Waals surface area contributed by atoms with Crippen LogP contribution in [0.2, 0.25) is 0 Å². The Morgan fingerprint density at radius 1 is 0.767 bits per heavy atom. The van der Waals surface area contributed by atoms with Crippen LogP contribution in [0, 0.1) is 5.41 Å². The number of unbranched alkanes of at least 4 members (excludes halogenated alkanes) is 13. The second-order valence-electron chi connectivity index (χ2n) is 7.43. The maximum atomic E-state index is 7.02. The first-order valence-corrected chi connectivity index (χ1v) is 11.4. The van der Waals surface area contributed by atoms with E-state index < -0.39 is 0 Å². The Labute approximate surface area is 190 Å². The summed E-state index contributed by atoms with van der Waals surface area (Å²) in [6, 6.07) is 5.72. The second-order valence-corrected chi connectivity index (χ2v) is 7.43. The van der Waals surface area contributed by atoms with Crippen molar-refractivity contribution in [3.63, 3.8) is 0 Å². The molecule has 0 fully saturated rings. The van der Waals surface area contributed by atoms with E-state index in [-0.39, 0.29) is 24.3 Å². The number of rotatable bonds is 15. The van der Waals surface area contributed by atoms with Crippen LogP contribution < -0.4 is 16.8 Å². The number of hydrogen-bond donors (Lipinski definition) is 4. The molecule has 1 aromatic heterocycles. The summed E-state index contributed by atoms with van der Waals surface area (Å²) in [6.45, 7) is 2.98. The number of guanidine groups is 2. The van der Waals surface area contributed by atoms with E-state index in [1.807, 2.05) is 18.2 Å². The van der Waals surface area contributed by atoms with Crippen LogP contribution >= 0.6 is 12.4 Å². The lowest BCUT2D eigenvalue weighted by Crippen LogP contribution is -2.40. The summed E-state index contributed by atoms with van der Waals surface area (Å²) < 4.78 is 0. The quantitative estimate of drug-likeness (QED) is 0.157. The molecule has 0 aromatic carbocycles. The molecule has 0 spiro atoms. The molecular weight excluding hydrogens is 396 g/mol. The Morgan fingerprint density at radius 2 is 1.20 bits per heavy atom. The molecule has 0 aliphatic heterocycles. The summed E-state index contributed by atoms with van der Waals surface area (Å²) in [6.07, 6.45) is 22.4. The second kappa shape index (κ2) is 25.2. The van der Waals surface area contributed by atoms with E-state index in [0.717, 1.165) is 6.42 Å². The van der Waals surface area contributed by atoms with E-state index in [1.165, 1.54) is 83.5 Å². The fourth-order valence-electron chi connectivity index (χ4n) is 3.00. The van der Waals surface area contributed by atoms with Crippen molar-refractivity contribution in [2.75, 3.05) is 6.54 Å². The van der Waals surface area contributed by atoms with Gasteiger partial charge in [-0.2, -0.15) is 0 Å². The maximum Gasteiger partial charge on any atom is 0.195 e. The van der Waals surface area contributed by atoms with Gasteiger partial charge < -0.3 is 11.5 Å². The zero-order valence-corrected chi connectivity index (χ0v) is 19.8. The molecule has 0 aliphatic carbocycles. The van der Waals surface area contributed by atoms with Gasteiger partial charge in [-0.15, -0.1) is 12.4 Å². The third-order valence-electron chi connectivity index (χ3n) is 4.62. The summed E-state index contributed by atoms with van der Waals surface area (Å²) >= 11 is 0. The zero-order valence-electron chi connectivity index (χ0n) is 19.0. The molecule has 6 N–H and O–H groups in total. The van der Waals surface area contributed by atoms with Crippen LogP contribution in [0.1, 0.15) is 96.8 Å². The predicted molar refractivity (Wildman–Crippen MR) is 133 cm³/mol. The molecule has 0 unspecified atom stereocenters. The van der Waals surface area contributed by atoms with Crippen LogP contribution in [-0.4, -0.2) is 23.4 Å². The highest BCUT2D eigenvalue weighted by Gasteiger charge is 1.95. The molecular formula is C23H45ClN6. The molecule has 6 nitrogen and oxygen atoms in total. The molecule has 174 valence electrons. The monoisotopic (exact) mass is 440 g/mol. The molecule has 0 radical (unpaired) electrons. The van der Waals surface area contributed by atoms with E-state index in [0.29, 0.717) is 6.54 Å². The van der Waals surface area contributed by atoms with Crippen LogP contribution in [0.5, 0.6) is 0 Å². The first-order chi connectivity index (χ1) is 14.2. The number of hydrogen-bond acceptors (Lipinski definition) is 3. The van der Waals surface area contributed by atoms with Crippen molar-refractivity contribution in [2.45, 2.75) is 96.8 Å². The smallest absolute Gasteiger partial charge is 0.195 e. The Bertz CT molecular complexity index is 469. The third kappa shape index (κ3) is 26.2. The number of aromatic nitrogens is 1. The summed E-state index contributed by atoms with van der Waals surface area (Å²) in [4.78, 5) is 7.91. The van der Waals surface area contributed by atoms with Gasteiger partial charge >= 0.3 is 0 Å². The van der Waals surface area contributed by atoms with Crippen molar-refractivity contribution in [2.24, 2.45) is 16.5 Å². The van der Waals surface area contributed by atoms with Gasteiger partial charge in [-0.1, -0.05) is 96.5 Å². The fraction of sp³-hybridized carbons (Fsp3) is 0.696. The Kier molecular flexibility index (Phi) is 25.5. The zero-order chi connectivity index (χ0) is 21.4. The van der Waals surface area contributed by atoms with Gasteiger partial charge in [0.1, 0.15) is 0 Å². The summed E-state index contributed by atoms with van der Waals surface area (Å²) in [5, 5.41) is 9.50. The van der Waals surface area contributed by atoms with E-state index in [2.05, 4.69) is 22.2 Å². The Morgan fingerprint density at radius 3 is 1.53 bits per heavy atom. The van der Waals surface area contributed by atoms with Crippen molar-refractivity contribution in [3.05, 3.63) is 30.6 Å². The Balaban J connectivity index is 0. The van der Waals surface area contributed by atoms with E-state index in [1.54, 1.807) is 12.4 Å². The highest BCUT2D eigenvalue weighted by Crippen LogP contribution is 2.12. The highest BCUT2D eigenvalue weighted by molar-refractivity contribution is 5.95. The van der Waals surface area contributed by atoms with Gasteiger partial charge in [-0.05, 0) is 18.6 Å². The van der Waals surface area contributed by atoms with Crippen molar-refractivity contribution >= 4 is 24.3 Å². The van der Waals surface area contributed by atoms with Gasteiger partial charge in [-0.25, -0.2) is 0 Å². The van der Waals surface area contributed by atoms with E-state index >= 15 is 0 Å². The van der Waals surface area contributed by atoms with Gasteiger partial charge in [0.05, 0.1) is 0 Å². The first-order valence-electron chi connectivity index (χ1n) is 11.4. The molecule has 0 saturated carbocycles. The van der Waals surface area contributed by atoms with Crippen LogP contribution in [0.3, 0.4) is 0 Å². The van der Waals surface area contributed by atoms with Crippen molar-refractivity contribution in [1.29, 1.82) is 5.41 Å². The summed E-state index contributed by atoms with van der Waals surface area (Å²) in [5.74, 6) is 0.0828. The van der Waals surface area contributed by atoms with Crippen molar-refractivity contribution < 1.29 is 0 Å². The highest BCUT2D eigenvalue weighted by atomic mass is 35.5.